The second kappa shape index (κ2) is 3.91. The fraction of sp³-hybridized carbons (Fsp3) is 0.538. The molecule has 1 unspecified atom stereocenters. The van der Waals surface area contributed by atoms with E-state index in [0.29, 0.717) is 6.04 Å². The van der Waals surface area contributed by atoms with Gasteiger partial charge in [0.05, 0.1) is 0 Å². The smallest absolute Gasteiger partial charge is 0.0331 e. The maximum absolute atomic E-state index is 3.68. The van der Waals surface area contributed by atoms with Gasteiger partial charge in [0.1, 0.15) is 0 Å². The highest BCUT2D eigenvalue weighted by molar-refractivity contribution is 9.10. The Balaban J connectivity index is 2.26. The number of hydrogen-bond donors (Lipinski definition) is 1. The van der Waals surface area contributed by atoms with Crippen molar-refractivity contribution in [3.63, 3.8) is 0 Å². The van der Waals surface area contributed by atoms with Crippen LogP contribution in [0.1, 0.15) is 44.4 Å². The van der Waals surface area contributed by atoms with Gasteiger partial charge in [0.15, 0.2) is 0 Å². The topological polar surface area (TPSA) is 12.0 Å². The van der Waals surface area contributed by atoms with E-state index in [1.165, 1.54) is 28.4 Å². The maximum atomic E-state index is 3.68. The maximum Gasteiger partial charge on any atom is 0.0331 e. The largest absolute Gasteiger partial charge is 0.305 e. The van der Waals surface area contributed by atoms with E-state index in [4.69, 9.17) is 0 Å². The summed E-state index contributed by atoms with van der Waals surface area (Å²) in [5, 5.41) is 3.68. The van der Waals surface area contributed by atoms with Crippen LogP contribution in [0.25, 0.3) is 0 Å². The molecule has 1 aliphatic rings. The lowest BCUT2D eigenvalue weighted by molar-refractivity contribution is 0.362. The van der Waals surface area contributed by atoms with Crippen LogP contribution in [0.5, 0.6) is 0 Å². The summed E-state index contributed by atoms with van der Waals surface area (Å²) in [7, 11) is 0. The van der Waals surface area contributed by atoms with Gasteiger partial charge in [-0.3, -0.25) is 0 Å². The molecule has 0 aliphatic heterocycles. The standard InChI is InChI=1S/C13H18BrN/c1-13(2,3)15-12-8-7-9-10(12)5-4-6-11(9)14/h4-6,12,15H,7-8H2,1-3H3. The summed E-state index contributed by atoms with van der Waals surface area (Å²) in [5.74, 6) is 0. The monoisotopic (exact) mass is 267 g/mol. The summed E-state index contributed by atoms with van der Waals surface area (Å²) in [6.45, 7) is 6.68. The van der Waals surface area contributed by atoms with Crippen molar-refractivity contribution in [1.82, 2.24) is 5.32 Å². The number of benzene rings is 1. The Kier molecular flexibility index (Phi) is 2.91. The van der Waals surface area contributed by atoms with Gasteiger partial charge in [-0.25, -0.2) is 0 Å². The number of halogens is 1. The Morgan fingerprint density at radius 3 is 2.73 bits per heavy atom. The Morgan fingerprint density at radius 1 is 1.33 bits per heavy atom. The van der Waals surface area contributed by atoms with Crippen molar-refractivity contribution in [2.24, 2.45) is 0 Å². The zero-order valence-corrected chi connectivity index (χ0v) is 11.2. The quantitative estimate of drug-likeness (QED) is 0.816. The molecule has 15 heavy (non-hydrogen) atoms. The van der Waals surface area contributed by atoms with E-state index in [-0.39, 0.29) is 5.54 Å². The third-order valence-electron chi connectivity index (χ3n) is 2.82. The number of nitrogens with one attached hydrogen (secondary N) is 1. The molecule has 1 aromatic carbocycles. The van der Waals surface area contributed by atoms with Crippen LogP contribution >= 0.6 is 15.9 Å². The van der Waals surface area contributed by atoms with Crippen LogP contribution in [-0.4, -0.2) is 5.54 Å². The van der Waals surface area contributed by atoms with Gasteiger partial charge in [-0.2, -0.15) is 0 Å². The van der Waals surface area contributed by atoms with Crippen LogP contribution in [0, 0.1) is 0 Å². The molecule has 0 heterocycles. The molecule has 2 rings (SSSR count). The molecule has 1 aliphatic carbocycles. The normalized spacial score (nSPS) is 20.4. The van der Waals surface area contributed by atoms with Crippen LogP contribution in [-0.2, 0) is 6.42 Å². The van der Waals surface area contributed by atoms with Crippen molar-refractivity contribution in [1.29, 1.82) is 0 Å². The first-order valence-electron chi connectivity index (χ1n) is 5.52. The molecule has 1 nitrogen and oxygen atoms in total. The fourth-order valence-corrected chi connectivity index (χ4v) is 2.86. The number of fused-ring (bicyclic) bond motifs is 1. The van der Waals surface area contributed by atoms with Crippen LogP contribution in [0.15, 0.2) is 22.7 Å². The predicted molar refractivity (Wildman–Crippen MR) is 68.1 cm³/mol. The van der Waals surface area contributed by atoms with E-state index in [0.717, 1.165) is 0 Å². The first-order valence-corrected chi connectivity index (χ1v) is 6.32. The van der Waals surface area contributed by atoms with Gasteiger partial charge in [-0.05, 0) is 50.8 Å². The van der Waals surface area contributed by atoms with Crippen LogP contribution in [0.2, 0.25) is 0 Å². The fourth-order valence-electron chi connectivity index (χ4n) is 2.28. The first-order chi connectivity index (χ1) is 6.97. The lowest BCUT2D eigenvalue weighted by atomic mass is 10.0. The molecule has 0 amide bonds. The Bertz CT molecular complexity index is 365. The average Bonchev–Trinajstić information content (AvgIpc) is 2.48. The van der Waals surface area contributed by atoms with Crippen molar-refractivity contribution < 1.29 is 0 Å². The second-order valence-corrected chi connectivity index (χ2v) is 6.15. The molecule has 0 saturated carbocycles. The molecule has 0 fully saturated rings. The van der Waals surface area contributed by atoms with Crippen molar-refractivity contribution in [2.45, 2.75) is 45.2 Å². The Morgan fingerprint density at radius 2 is 2.07 bits per heavy atom. The number of rotatable bonds is 1. The van der Waals surface area contributed by atoms with Crippen LogP contribution in [0.4, 0.5) is 0 Å². The average molecular weight is 268 g/mol. The molecular formula is C13H18BrN. The summed E-state index contributed by atoms with van der Waals surface area (Å²) in [4.78, 5) is 0. The minimum atomic E-state index is 0.189. The molecule has 1 atom stereocenters. The summed E-state index contributed by atoms with van der Waals surface area (Å²) >= 11 is 3.63. The Labute approximate surface area is 100 Å². The zero-order valence-electron chi connectivity index (χ0n) is 9.60. The van der Waals surface area contributed by atoms with E-state index in [1.54, 1.807) is 0 Å². The highest BCUT2D eigenvalue weighted by Gasteiger charge is 2.26. The molecule has 2 heteroatoms. The summed E-state index contributed by atoms with van der Waals surface area (Å²) < 4.78 is 1.26. The second-order valence-electron chi connectivity index (χ2n) is 5.29. The van der Waals surface area contributed by atoms with E-state index >= 15 is 0 Å². The Hall–Kier alpha value is -0.340. The van der Waals surface area contributed by atoms with Gasteiger partial charge in [-0.1, -0.05) is 28.1 Å². The summed E-state index contributed by atoms with van der Waals surface area (Å²) in [6.07, 6.45) is 2.40. The highest BCUT2D eigenvalue weighted by Crippen LogP contribution is 2.36. The van der Waals surface area contributed by atoms with Gasteiger partial charge in [0.25, 0.3) is 0 Å². The van der Waals surface area contributed by atoms with Crippen molar-refractivity contribution >= 4 is 15.9 Å². The van der Waals surface area contributed by atoms with Crippen molar-refractivity contribution in [3.05, 3.63) is 33.8 Å². The van der Waals surface area contributed by atoms with Gasteiger partial charge in [0, 0.05) is 16.1 Å². The van der Waals surface area contributed by atoms with Gasteiger partial charge in [-0.15, -0.1) is 0 Å². The third kappa shape index (κ3) is 2.43. The van der Waals surface area contributed by atoms with Gasteiger partial charge < -0.3 is 5.32 Å². The molecule has 0 radical (unpaired) electrons. The minimum Gasteiger partial charge on any atom is -0.305 e. The van der Waals surface area contributed by atoms with E-state index in [9.17, 15) is 0 Å². The molecular weight excluding hydrogens is 250 g/mol. The molecule has 0 saturated heterocycles. The predicted octanol–water partition coefficient (Wildman–Crippen LogP) is 3.82. The molecule has 1 aromatic rings. The molecule has 0 spiro atoms. The van der Waals surface area contributed by atoms with E-state index < -0.39 is 0 Å². The molecule has 82 valence electrons. The summed E-state index contributed by atoms with van der Waals surface area (Å²) in [5.41, 5.74) is 3.15. The molecule has 0 aromatic heterocycles. The van der Waals surface area contributed by atoms with E-state index in [2.05, 4.69) is 60.2 Å². The third-order valence-corrected chi connectivity index (χ3v) is 3.56. The minimum absolute atomic E-state index is 0.189. The highest BCUT2D eigenvalue weighted by atomic mass is 79.9. The lowest BCUT2D eigenvalue weighted by Crippen LogP contribution is -2.38. The zero-order chi connectivity index (χ0) is 11.1. The summed E-state index contributed by atoms with van der Waals surface area (Å²) in [6, 6.07) is 7.04. The van der Waals surface area contributed by atoms with Crippen molar-refractivity contribution in [3.8, 4) is 0 Å². The van der Waals surface area contributed by atoms with Crippen LogP contribution < -0.4 is 5.32 Å². The number of hydrogen-bond acceptors (Lipinski definition) is 1. The van der Waals surface area contributed by atoms with Crippen molar-refractivity contribution in [2.75, 3.05) is 0 Å². The van der Waals surface area contributed by atoms with E-state index in [1.807, 2.05) is 0 Å². The van der Waals surface area contributed by atoms with Crippen LogP contribution in [0.3, 0.4) is 0 Å². The lowest BCUT2D eigenvalue weighted by Gasteiger charge is -2.26. The van der Waals surface area contributed by atoms with Gasteiger partial charge in [0.2, 0.25) is 0 Å². The first kappa shape index (κ1) is 11.2. The molecule has 0 bridgehead atoms. The SMILES string of the molecule is CC(C)(C)NC1CCc2c(Br)cccc21. The van der Waals surface area contributed by atoms with Gasteiger partial charge >= 0.3 is 0 Å². The molecule has 1 N–H and O–H groups in total.